The molecule has 1 aromatic heterocycles. The number of ether oxygens (including phenoxy) is 1. The van der Waals surface area contributed by atoms with Crippen LogP contribution in [0.2, 0.25) is 0 Å². The summed E-state index contributed by atoms with van der Waals surface area (Å²) in [7, 11) is 1.67. The topological polar surface area (TPSA) is 34.1 Å². The first-order chi connectivity index (χ1) is 9.85. The van der Waals surface area contributed by atoms with E-state index in [1.807, 2.05) is 42.5 Å². The van der Waals surface area contributed by atoms with E-state index in [4.69, 9.17) is 4.74 Å². The van der Waals surface area contributed by atoms with Crippen molar-refractivity contribution in [2.75, 3.05) is 12.4 Å². The van der Waals surface area contributed by atoms with Gasteiger partial charge in [-0.2, -0.15) is 0 Å². The fourth-order valence-corrected chi connectivity index (χ4v) is 3.42. The van der Waals surface area contributed by atoms with E-state index in [-0.39, 0.29) is 14.5 Å². The predicted molar refractivity (Wildman–Crippen MR) is 82.9 cm³/mol. The van der Waals surface area contributed by atoms with E-state index in [0.29, 0.717) is 0 Å². The fraction of sp³-hybridized carbons (Fsp3) is 0.0625. The van der Waals surface area contributed by atoms with Gasteiger partial charge in [-0.15, -0.1) is 0 Å². The SMILES string of the molecule is COc1ccc(Nc2nc(-c3ccccc3)c[se]2)cc1. The van der Waals surface area contributed by atoms with E-state index in [9.17, 15) is 0 Å². The molecule has 0 aliphatic rings. The van der Waals surface area contributed by atoms with Crippen molar-refractivity contribution in [2.45, 2.75) is 0 Å². The molecule has 3 rings (SSSR count). The Hall–Kier alpha value is -2.03. The third kappa shape index (κ3) is 2.93. The van der Waals surface area contributed by atoms with Gasteiger partial charge in [0.2, 0.25) is 0 Å². The summed E-state index contributed by atoms with van der Waals surface area (Å²) in [6, 6.07) is 18.1. The van der Waals surface area contributed by atoms with Crippen molar-refractivity contribution in [3.8, 4) is 17.0 Å². The number of benzene rings is 2. The van der Waals surface area contributed by atoms with Crippen LogP contribution in [0.4, 0.5) is 10.4 Å². The number of nitrogens with zero attached hydrogens (tertiary/aromatic N) is 1. The molecule has 20 heavy (non-hydrogen) atoms. The Labute approximate surface area is 124 Å². The molecule has 0 amide bonds. The van der Waals surface area contributed by atoms with Gasteiger partial charge in [0.1, 0.15) is 0 Å². The Morgan fingerprint density at radius 1 is 1.00 bits per heavy atom. The number of rotatable bonds is 4. The third-order valence-electron chi connectivity index (χ3n) is 2.92. The average molecular weight is 329 g/mol. The number of hydrogen-bond acceptors (Lipinski definition) is 3. The van der Waals surface area contributed by atoms with E-state index < -0.39 is 0 Å². The van der Waals surface area contributed by atoms with Crippen molar-refractivity contribution in [2.24, 2.45) is 0 Å². The van der Waals surface area contributed by atoms with Crippen LogP contribution in [0.15, 0.2) is 59.5 Å². The zero-order chi connectivity index (χ0) is 13.8. The molecule has 0 aliphatic heterocycles. The standard InChI is InChI=1S/C16H14N2OSe/c1-19-14-9-7-13(8-10-14)17-16-18-15(11-20-16)12-5-3-2-4-6-12/h2-11H,1H3,(H,17,18). The van der Waals surface area contributed by atoms with Gasteiger partial charge in [-0.1, -0.05) is 0 Å². The maximum absolute atomic E-state index is 5.15. The van der Waals surface area contributed by atoms with Crippen LogP contribution in [-0.2, 0) is 0 Å². The van der Waals surface area contributed by atoms with Crippen LogP contribution >= 0.6 is 0 Å². The number of methoxy groups -OCH3 is 1. The molecule has 0 saturated heterocycles. The van der Waals surface area contributed by atoms with Gasteiger partial charge >= 0.3 is 124 Å². The second kappa shape index (κ2) is 5.95. The summed E-state index contributed by atoms with van der Waals surface area (Å²) in [5.41, 5.74) is 3.26. The first-order valence-electron chi connectivity index (χ1n) is 6.27. The molecular formula is C16H14N2OSe. The van der Waals surface area contributed by atoms with Gasteiger partial charge in [0.15, 0.2) is 0 Å². The van der Waals surface area contributed by atoms with Gasteiger partial charge in [-0.05, 0) is 0 Å². The van der Waals surface area contributed by atoms with Gasteiger partial charge in [0, 0.05) is 0 Å². The molecule has 0 saturated carbocycles. The van der Waals surface area contributed by atoms with Crippen LogP contribution in [-0.4, -0.2) is 26.6 Å². The Bertz CT molecular complexity index is 677. The van der Waals surface area contributed by atoms with Gasteiger partial charge in [0.25, 0.3) is 0 Å². The van der Waals surface area contributed by atoms with Gasteiger partial charge in [0.05, 0.1) is 0 Å². The van der Waals surface area contributed by atoms with E-state index >= 15 is 0 Å². The predicted octanol–water partition coefficient (Wildman–Crippen LogP) is 3.56. The molecule has 0 atom stereocenters. The van der Waals surface area contributed by atoms with E-state index in [2.05, 4.69) is 27.4 Å². The van der Waals surface area contributed by atoms with Crippen LogP contribution in [0, 0.1) is 0 Å². The molecule has 3 nitrogen and oxygen atoms in total. The van der Waals surface area contributed by atoms with Gasteiger partial charge in [-0.3, -0.25) is 0 Å². The first kappa shape index (κ1) is 13.0. The monoisotopic (exact) mass is 330 g/mol. The second-order valence-electron chi connectivity index (χ2n) is 4.26. The molecule has 0 radical (unpaired) electrons. The third-order valence-corrected chi connectivity index (χ3v) is 4.50. The molecule has 0 unspecified atom stereocenters. The zero-order valence-corrected chi connectivity index (χ0v) is 12.8. The van der Waals surface area contributed by atoms with Crippen molar-refractivity contribution in [1.29, 1.82) is 0 Å². The summed E-state index contributed by atoms with van der Waals surface area (Å²) < 4.78 is 6.18. The average Bonchev–Trinajstić information content (AvgIpc) is 2.97. The van der Waals surface area contributed by atoms with Crippen LogP contribution < -0.4 is 10.1 Å². The normalized spacial score (nSPS) is 10.2. The summed E-state index contributed by atoms with van der Waals surface area (Å²) in [6.45, 7) is 0. The minimum atomic E-state index is 0.255. The van der Waals surface area contributed by atoms with Gasteiger partial charge in [-0.25, -0.2) is 0 Å². The van der Waals surface area contributed by atoms with Crippen molar-refractivity contribution >= 4 is 24.9 Å². The number of anilines is 2. The molecule has 0 spiro atoms. The Kier molecular flexibility index (Phi) is 3.86. The summed E-state index contributed by atoms with van der Waals surface area (Å²) in [5, 5.41) is 3.36. The molecule has 0 bridgehead atoms. The molecular weight excluding hydrogens is 315 g/mol. The summed E-state index contributed by atoms with van der Waals surface area (Å²) in [4.78, 5) is 6.86. The van der Waals surface area contributed by atoms with E-state index in [1.165, 1.54) is 5.56 Å². The molecule has 0 fully saturated rings. The van der Waals surface area contributed by atoms with Crippen molar-refractivity contribution in [3.05, 3.63) is 59.5 Å². The first-order valence-corrected chi connectivity index (χ1v) is 8.12. The Morgan fingerprint density at radius 2 is 1.75 bits per heavy atom. The zero-order valence-electron chi connectivity index (χ0n) is 11.0. The number of nitrogens with one attached hydrogen (secondary N) is 1. The van der Waals surface area contributed by atoms with Crippen LogP contribution in [0.5, 0.6) is 5.75 Å². The summed E-state index contributed by atoms with van der Waals surface area (Å²) in [6.07, 6.45) is 0. The Morgan fingerprint density at radius 3 is 2.45 bits per heavy atom. The van der Waals surface area contributed by atoms with E-state index in [1.54, 1.807) is 7.11 Å². The molecule has 4 heteroatoms. The molecule has 2 aromatic carbocycles. The second-order valence-corrected chi connectivity index (χ2v) is 6.06. The molecule has 1 heterocycles. The fourth-order valence-electron chi connectivity index (χ4n) is 1.87. The van der Waals surface area contributed by atoms with Crippen LogP contribution in [0.1, 0.15) is 0 Å². The summed E-state index contributed by atoms with van der Waals surface area (Å²) >= 11 is 0.255. The number of hydrogen-bond donors (Lipinski definition) is 1. The maximum atomic E-state index is 5.15. The molecule has 3 aromatic rings. The van der Waals surface area contributed by atoms with Crippen molar-refractivity contribution in [3.63, 3.8) is 0 Å². The molecule has 0 aliphatic carbocycles. The van der Waals surface area contributed by atoms with Gasteiger partial charge < -0.3 is 0 Å². The summed E-state index contributed by atoms with van der Waals surface area (Å²) in [5.74, 6) is 0.859. The Balaban J connectivity index is 1.77. The van der Waals surface area contributed by atoms with E-state index in [0.717, 1.165) is 21.8 Å². The molecule has 1 N–H and O–H groups in total. The van der Waals surface area contributed by atoms with Crippen LogP contribution in [0.3, 0.4) is 0 Å². The number of aromatic nitrogens is 1. The minimum absolute atomic E-state index is 0.255. The van der Waals surface area contributed by atoms with Crippen LogP contribution in [0.25, 0.3) is 11.3 Å². The van der Waals surface area contributed by atoms with Crippen molar-refractivity contribution in [1.82, 2.24) is 4.98 Å². The molecule has 100 valence electrons. The van der Waals surface area contributed by atoms with Crippen molar-refractivity contribution < 1.29 is 4.74 Å². The quantitative estimate of drug-likeness (QED) is 0.743.